The van der Waals surface area contributed by atoms with Crippen molar-refractivity contribution in [2.45, 2.75) is 39.8 Å². The van der Waals surface area contributed by atoms with Crippen LogP contribution in [0.1, 0.15) is 37.4 Å². The normalized spacial score (nSPS) is 19.1. The van der Waals surface area contributed by atoms with Crippen molar-refractivity contribution >= 4 is 0 Å². The Bertz CT molecular complexity index is 347. The second kappa shape index (κ2) is 3.30. The van der Waals surface area contributed by atoms with E-state index in [0.29, 0.717) is 11.2 Å². The van der Waals surface area contributed by atoms with Crippen LogP contribution in [0.4, 0.5) is 4.39 Å². The minimum Gasteiger partial charge on any atom is -0.242 e. The first kappa shape index (κ1) is 9.56. The van der Waals surface area contributed by atoms with E-state index in [9.17, 15) is 4.39 Å². The van der Waals surface area contributed by atoms with Gasteiger partial charge in [-0.05, 0) is 30.2 Å². The summed E-state index contributed by atoms with van der Waals surface area (Å²) in [6.07, 6.45) is 4.88. The van der Waals surface area contributed by atoms with Crippen molar-refractivity contribution in [3.63, 3.8) is 0 Å². The average molecular weight is 194 g/mol. The first-order valence-electron chi connectivity index (χ1n) is 5.00. The van der Waals surface area contributed by atoms with Crippen LogP contribution < -0.4 is 0 Å². The summed E-state index contributed by atoms with van der Waals surface area (Å²) in [5.74, 6) is 0.323. The fourth-order valence-electron chi connectivity index (χ4n) is 1.97. The highest BCUT2D eigenvalue weighted by Crippen LogP contribution is 2.33. The van der Waals surface area contributed by atoms with Crippen LogP contribution in [0.15, 0.2) is 6.20 Å². The molecule has 2 rings (SSSR count). The molecule has 0 aromatic carbocycles. The fourth-order valence-corrected chi connectivity index (χ4v) is 1.97. The van der Waals surface area contributed by atoms with Gasteiger partial charge >= 0.3 is 0 Å². The molecule has 0 saturated heterocycles. The SMILES string of the molecule is CC1(C)CCc2nc(CF)ncc2C1. The number of rotatable bonds is 1. The highest BCUT2D eigenvalue weighted by Gasteiger charge is 2.26. The lowest BCUT2D eigenvalue weighted by molar-refractivity contribution is 0.310. The molecule has 0 atom stereocenters. The lowest BCUT2D eigenvalue weighted by Crippen LogP contribution is -2.23. The molecule has 0 bridgehead atoms. The molecule has 1 aliphatic carbocycles. The Kier molecular flexibility index (Phi) is 2.25. The van der Waals surface area contributed by atoms with Gasteiger partial charge in [-0.15, -0.1) is 0 Å². The summed E-state index contributed by atoms with van der Waals surface area (Å²) in [5.41, 5.74) is 2.58. The number of hydrogen-bond donors (Lipinski definition) is 0. The molecule has 1 aromatic heterocycles. The van der Waals surface area contributed by atoms with Gasteiger partial charge in [0.2, 0.25) is 0 Å². The number of aryl methyl sites for hydroxylation is 1. The Morgan fingerprint density at radius 3 is 3.00 bits per heavy atom. The number of nitrogens with zero attached hydrogens (tertiary/aromatic N) is 2. The standard InChI is InChI=1S/C11H15FN2/c1-11(2)4-3-9-8(5-11)7-13-10(6-12)14-9/h7H,3-6H2,1-2H3. The van der Waals surface area contributed by atoms with Crippen molar-refractivity contribution in [3.8, 4) is 0 Å². The predicted molar refractivity (Wildman–Crippen MR) is 52.7 cm³/mol. The van der Waals surface area contributed by atoms with Gasteiger partial charge in [-0.25, -0.2) is 14.4 Å². The average Bonchev–Trinajstić information content (AvgIpc) is 2.16. The largest absolute Gasteiger partial charge is 0.242 e. The van der Waals surface area contributed by atoms with Crippen LogP contribution in [0.2, 0.25) is 0 Å². The molecule has 0 saturated carbocycles. The molecule has 2 nitrogen and oxygen atoms in total. The third-order valence-electron chi connectivity index (χ3n) is 2.83. The van der Waals surface area contributed by atoms with Gasteiger partial charge in [-0.3, -0.25) is 0 Å². The number of fused-ring (bicyclic) bond motifs is 1. The minimum atomic E-state index is -0.559. The molecule has 3 heteroatoms. The minimum absolute atomic E-state index is 0.323. The van der Waals surface area contributed by atoms with Gasteiger partial charge in [0.1, 0.15) is 6.67 Å². The smallest absolute Gasteiger partial charge is 0.159 e. The lowest BCUT2D eigenvalue weighted by Gasteiger charge is -2.30. The van der Waals surface area contributed by atoms with E-state index in [2.05, 4.69) is 23.8 Å². The summed E-state index contributed by atoms with van der Waals surface area (Å²) in [6, 6.07) is 0. The molecule has 76 valence electrons. The van der Waals surface area contributed by atoms with Crippen molar-refractivity contribution in [1.29, 1.82) is 0 Å². The molecule has 1 aliphatic rings. The molecule has 0 unspecified atom stereocenters. The maximum absolute atomic E-state index is 12.3. The van der Waals surface area contributed by atoms with E-state index in [-0.39, 0.29) is 0 Å². The summed E-state index contributed by atoms with van der Waals surface area (Å²) in [4.78, 5) is 8.20. The summed E-state index contributed by atoms with van der Waals surface area (Å²) in [5, 5.41) is 0. The van der Waals surface area contributed by atoms with Crippen molar-refractivity contribution in [1.82, 2.24) is 9.97 Å². The summed E-state index contributed by atoms with van der Waals surface area (Å²) in [6.45, 7) is 3.94. The molecule has 0 N–H and O–H groups in total. The van der Waals surface area contributed by atoms with Crippen LogP contribution >= 0.6 is 0 Å². The van der Waals surface area contributed by atoms with E-state index in [0.717, 1.165) is 25.0 Å². The van der Waals surface area contributed by atoms with E-state index < -0.39 is 6.67 Å². The molecular formula is C11H15FN2. The van der Waals surface area contributed by atoms with Crippen LogP contribution in [0.25, 0.3) is 0 Å². The van der Waals surface area contributed by atoms with E-state index in [1.807, 2.05) is 0 Å². The van der Waals surface area contributed by atoms with Gasteiger partial charge in [0, 0.05) is 11.9 Å². The van der Waals surface area contributed by atoms with Gasteiger partial charge in [0.15, 0.2) is 5.82 Å². The molecule has 1 heterocycles. The zero-order chi connectivity index (χ0) is 10.2. The second-order valence-corrected chi connectivity index (χ2v) is 4.73. The highest BCUT2D eigenvalue weighted by molar-refractivity contribution is 5.22. The number of hydrogen-bond acceptors (Lipinski definition) is 2. The Morgan fingerprint density at radius 2 is 2.29 bits per heavy atom. The topological polar surface area (TPSA) is 25.8 Å². The van der Waals surface area contributed by atoms with E-state index in [4.69, 9.17) is 0 Å². The Morgan fingerprint density at radius 1 is 1.50 bits per heavy atom. The Balaban J connectivity index is 2.32. The fraction of sp³-hybridized carbons (Fsp3) is 0.636. The van der Waals surface area contributed by atoms with Crippen molar-refractivity contribution in [2.24, 2.45) is 5.41 Å². The van der Waals surface area contributed by atoms with Crippen molar-refractivity contribution < 1.29 is 4.39 Å². The Labute approximate surface area is 83.6 Å². The van der Waals surface area contributed by atoms with Gasteiger partial charge in [0.05, 0.1) is 0 Å². The molecule has 0 amide bonds. The van der Waals surface area contributed by atoms with E-state index in [1.54, 1.807) is 6.20 Å². The van der Waals surface area contributed by atoms with Crippen LogP contribution in [0.3, 0.4) is 0 Å². The first-order chi connectivity index (χ1) is 6.61. The summed E-state index contributed by atoms with van der Waals surface area (Å²) < 4.78 is 12.3. The third-order valence-corrected chi connectivity index (χ3v) is 2.83. The van der Waals surface area contributed by atoms with Crippen LogP contribution in [0, 0.1) is 5.41 Å². The molecule has 0 fully saturated rings. The monoisotopic (exact) mass is 194 g/mol. The maximum Gasteiger partial charge on any atom is 0.159 e. The van der Waals surface area contributed by atoms with Gasteiger partial charge < -0.3 is 0 Å². The summed E-state index contributed by atoms with van der Waals surface area (Å²) >= 11 is 0. The molecule has 14 heavy (non-hydrogen) atoms. The zero-order valence-electron chi connectivity index (χ0n) is 8.68. The van der Waals surface area contributed by atoms with Crippen molar-refractivity contribution in [2.75, 3.05) is 0 Å². The zero-order valence-corrected chi connectivity index (χ0v) is 8.68. The number of alkyl halides is 1. The lowest BCUT2D eigenvalue weighted by atomic mass is 9.76. The van der Waals surface area contributed by atoms with Crippen LogP contribution in [-0.4, -0.2) is 9.97 Å². The maximum atomic E-state index is 12.3. The van der Waals surface area contributed by atoms with Gasteiger partial charge in [-0.2, -0.15) is 0 Å². The first-order valence-corrected chi connectivity index (χ1v) is 5.00. The van der Waals surface area contributed by atoms with Gasteiger partial charge in [0.25, 0.3) is 0 Å². The molecular weight excluding hydrogens is 179 g/mol. The van der Waals surface area contributed by atoms with Crippen LogP contribution in [0.5, 0.6) is 0 Å². The van der Waals surface area contributed by atoms with Crippen LogP contribution in [-0.2, 0) is 19.5 Å². The quantitative estimate of drug-likeness (QED) is 0.686. The van der Waals surface area contributed by atoms with E-state index >= 15 is 0 Å². The second-order valence-electron chi connectivity index (χ2n) is 4.73. The molecule has 0 radical (unpaired) electrons. The van der Waals surface area contributed by atoms with Crippen molar-refractivity contribution in [3.05, 3.63) is 23.3 Å². The predicted octanol–water partition coefficient (Wildman–Crippen LogP) is 2.46. The number of aromatic nitrogens is 2. The molecule has 1 aromatic rings. The third kappa shape index (κ3) is 1.76. The number of halogens is 1. The van der Waals surface area contributed by atoms with Gasteiger partial charge in [-0.1, -0.05) is 13.8 Å². The van der Waals surface area contributed by atoms with E-state index in [1.165, 1.54) is 5.56 Å². The highest BCUT2D eigenvalue weighted by atomic mass is 19.1. The Hall–Kier alpha value is -0.990. The summed E-state index contributed by atoms with van der Waals surface area (Å²) in [7, 11) is 0. The molecule has 0 spiro atoms. The molecule has 0 aliphatic heterocycles.